The van der Waals surface area contributed by atoms with Crippen LogP contribution in [-0.4, -0.2) is 46.4 Å². The summed E-state index contributed by atoms with van der Waals surface area (Å²) in [5, 5.41) is 3.28. The zero-order valence-electron chi connectivity index (χ0n) is 17.2. The number of para-hydroxylation sites is 1. The number of nitrogens with zero attached hydrogens (tertiary/aromatic N) is 3. The van der Waals surface area contributed by atoms with Crippen LogP contribution in [0.5, 0.6) is 5.75 Å². The van der Waals surface area contributed by atoms with Gasteiger partial charge in [0.15, 0.2) is 0 Å². The van der Waals surface area contributed by atoms with Gasteiger partial charge in [0.25, 0.3) is 5.91 Å². The Kier molecular flexibility index (Phi) is 8.53. The monoisotopic (exact) mass is 450 g/mol. The molecule has 162 valence electrons. The first kappa shape index (κ1) is 24.0. The number of aromatic nitrogens is 2. The molecule has 1 aliphatic rings. The first-order valence-electron chi connectivity index (χ1n) is 9.77. The van der Waals surface area contributed by atoms with Crippen LogP contribution in [0.2, 0.25) is 0 Å². The van der Waals surface area contributed by atoms with Crippen molar-refractivity contribution >= 4 is 36.4 Å². The summed E-state index contributed by atoms with van der Waals surface area (Å²) in [5.74, 6) is 0.634. The van der Waals surface area contributed by atoms with E-state index in [1.807, 2.05) is 72.1 Å². The Morgan fingerprint density at radius 1 is 1.23 bits per heavy atom. The number of fused-ring (bicyclic) bond motifs is 1. The number of aryl methyl sites for hydroxylation is 1. The summed E-state index contributed by atoms with van der Waals surface area (Å²) in [6, 6.07) is 11.9. The van der Waals surface area contributed by atoms with Crippen molar-refractivity contribution in [3.05, 3.63) is 65.6 Å². The molecule has 3 heterocycles. The highest BCUT2D eigenvalue weighted by molar-refractivity contribution is 5.97. The molecule has 8 heteroatoms. The van der Waals surface area contributed by atoms with E-state index < -0.39 is 0 Å². The maximum Gasteiger partial charge on any atom is 0.257 e. The molecule has 1 aliphatic heterocycles. The van der Waals surface area contributed by atoms with Gasteiger partial charge in [-0.25, -0.2) is 4.98 Å². The fraction of sp³-hybridized carbons (Fsp3) is 0.364. The Bertz CT molecular complexity index is 992. The molecule has 0 spiro atoms. The average molecular weight is 451 g/mol. The molecule has 4 rings (SSSR count). The van der Waals surface area contributed by atoms with Gasteiger partial charge in [0.2, 0.25) is 0 Å². The number of imidazole rings is 1. The maximum atomic E-state index is 13.1. The van der Waals surface area contributed by atoms with Gasteiger partial charge < -0.3 is 19.4 Å². The van der Waals surface area contributed by atoms with Gasteiger partial charge in [-0.2, -0.15) is 0 Å². The van der Waals surface area contributed by atoms with Crippen LogP contribution in [0.3, 0.4) is 0 Å². The number of carbonyl (C=O) groups excluding carboxylic acids is 1. The highest BCUT2D eigenvalue weighted by atomic mass is 35.5. The summed E-state index contributed by atoms with van der Waals surface area (Å²) >= 11 is 0. The standard InChI is InChI=1S/C22H26N4O2.2ClH/c1-16-7-5-11-25-14-18(24-21(16)25)15-28-20-10-4-3-9-19(20)22(27)26-12-6-8-17(13-26)23-2;;/h3-5,7,9-11,14,17,23H,6,8,12-13,15H2,1-2H3;2*1H. The highest BCUT2D eigenvalue weighted by Gasteiger charge is 2.25. The van der Waals surface area contributed by atoms with Crippen LogP contribution in [0.25, 0.3) is 5.65 Å². The third kappa shape index (κ3) is 5.06. The number of likely N-dealkylation sites (tertiary alicyclic amines) is 1. The predicted molar refractivity (Wildman–Crippen MR) is 123 cm³/mol. The van der Waals surface area contributed by atoms with E-state index in [1.54, 1.807) is 0 Å². The van der Waals surface area contributed by atoms with E-state index in [0.29, 0.717) is 24.0 Å². The van der Waals surface area contributed by atoms with Gasteiger partial charge in [0.05, 0.1) is 11.3 Å². The lowest BCUT2D eigenvalue weighted by Gasteiger charge is -2.33. The number of benzene rings is 1. The molecule has 3 aromatic rings. The fourth-order valence-electron chi connectivity index (χ4n) is 3.76. The highest BCUT2D eigenvalue weighted by Crippen LogP contribution is 2.23. The molecule has 2 aromatic heterocycles. The van der Waals surface area contributed by atoms with Crippen LogP contribution in [0.4, 0.5) is 0 Å². The van der Waals surface area contributed by atoms with Crippen molar-refractivity contribution in [2.24, 2.45) is 0 Å². The van der Waals surface area contributed by atoms with Crippen LogP contribution in [0, 0.1) is 6.92 Å². The minimum atomic E-state index is 0. The fourth-order valence-corrected chi connectivity index (χ4v) is 3.76. The van der Waals surface area contributed by atoms with E-state index in [0.717, 1.165) is 42.8 Å². The van der Waals surface area contributed by atoms with Crippen molar-refractivity contribution in [1.82, 2.24) is 19.6 Å². The van der Waals surface area contributed by atoms with E-state index in [1.165, 1.54) is 0 Å². The van der Waals surface area contributed by atoms with Crippen molar-refractivity contribution in [1.29, 1.82) is 0 Å². The predicted octanol–water partition coefficient (Wildman–Crippen LogP) is 3.89. The molecular weight excluding hydrogens is 423 g/mol. The first-order chi connectivity index (χ1) is 13.7. The van der Waals surface area contributed by atoms with Crippen molar-refractivity contribution in [2.45, 2.75) is 32.4 Å². The van der Waals surface area contributed by atoms with Gasteiger partial charge in [0, 0.05) is 31.5 Å². The average Bonchev–Trinajstić information content (AvgIpc) is 3.16. The number of rotatable bonds is 5. The lowest BCUT2D eigenvalue weighted by atomic mass is 10.0. The van der Waals surface area contributed by atoms with Crippen LogP contribution in [0.15, 0.2) is 48.8 Å². The number of likely N-dealkylation sites (N-methyl/N-ethyl adjacent to an activating group) is 1. The lowest BCUT2D eigenvalue weighted by molar-refractivity contribution is 0.0693. The number of ether oxygens (including phenoxy) is 1. The van der Waals surface area contributed by atoms with Crippen molar-refractivity contribution in [3.8, 4) is 5.75 Å². The Hall–Kier alpha value is -2.28. The normalized spacial score (nSPS) is 15.9. The van der Waals surface area contributed by atoms with Gasteiger partial charge in [-0.05, 0) is 50.6 Å². The molecule has 1 unspecified atom stereocenters. The second-order valence-corrected chi connectivity index (χ2v) is 7.32. The van der Waals surface area contributed by atoms with Crippen LogP contribution in [-0.2, 0) is 6.61 Å². The zero-order chi connectivity index (χ0) is 19.5. The molecule has 1 N–H and O–H groups in total. The van der Waals surface area contributed by atoms with Crippen LogP contribution >= 0.6 is 24.8 Å². The Morgan fingerprint density at radius 3 is 2.80 bits per heavy atom. The number of carbonyl (C=O) groups is 1. The number of hydrogen-bond acceptors (Lipinski definition) is 4. The summed E-state index contributed by atoms with van der Waals surface area (Å²) in [6.45, 7) is 3.88. The topological polar surface area (TPSA) is 58.9 Å². The number of amides is 1. The smallest absolute Gasteiger partial charge is 0.257 e. The van der Waals surface area contributed by atoms with Gasteiger partial charge in [-0.15, -0.1) is 24.8 Å². The molecule has 1 amide bonds. The van der Waals surface area contributed by atoms with E-state index >= 15 is 0 Å². The SMILES string of the molecule is CNC1CCCN(C(=O)c2ccccc2OCc2cn3cccc(C)c3n2)C1.Cl.Cl. The molecule has 0 bridgehead atoms. The molecule has 0 radical (unpaired) electrons. The van der Waals surface area contributed by atoms with Gasteiger partial charge in [0.1, 0.15) is 18.0 Å². The molecular formula is C22H28Cl2N4O2. The lowest BCUT2D eigenvalue weighted by Crippen LogP contribution is -2.47. The third-order valence-electron chi connectivity index (χ3n) is 5.34. The quantitative estimate of drug-likeness (QED) is 0.640. The molecule has 30 heavy (non-hydrogen) atoms. The second kappa shape index (κ2) is 10.7. The van der Waals surface area contributed by atoms with Gasteiger partial charge in [-0.3, -0.25) is 4.79 Å². The van der Waals surface area contributed by atoms with Crippen molar-refractivity contribution < 1.29 is 9.53 Å². The Morgan fingerprint density at radius 2 is 2.03 bits per heavy atom. The van der Waals surface area contributed by atoms with E-state index in [4.69, 9.17) is 4.74 Å². The molecule has 1 fully saturated rings. The summed E-state index contributed by atoms with van der Waals surface area (Å²) in [4.78, 5) is 19.6. The number of halogens is 2. The van der Waals surface area contributed by atoms with Crippen molar-refractivity contribution in [3.63, 3.8) is 0 Å². The Balaban J connectivity index is 0.00000160. The summed E-state index contributed by atoms with van der Waals surface area (Å²) in [5.41, 5.74) is 3.49. The molecule has 1 aromatic carbocycles. The molecule has 6 nitrogen and oxygen atoms in total. The molecule has 1 atom stereocenters. The first-order valence-corrected chi connectivity index (χ1v) is 9.77. The zero-order valence-corrected chi connectivity index (χ0v) is 18.8. The van der Waals surface area contributed by atoms with Crippen LogP contribution < -0.4 is 10.1 Å². The number of pyridine rings is 1. The molecule has 1 saturated heterocycles. The maximum absolute atomic E-state index is 13.1. The summed E-state index contributed by atoms with van der Waals surface area (Å²) in [7, 11) is 1.95. The van der Waals surface area contributed by atoms with Gasteiger partial charge >= 0.3 is 0 Å². The van der Waals surface area contributed by atoms with E-state index in [9.17, 15) is 4.79 Å². The minimum Gasteiger partial charge on any atom is -0.486 e. The third-order valence-corrected chi connectivity index (χ3v) is 5.34. The van der Waals surface area contributed by atoms with Gasteiger partial charge in [-0.1, -0.05) is 18.2 Å². The number of piperidine rings is 1. The second-order valence-electron chi connectivity index (χ2n) is 7.32. The minimum absolute atomic E-state index is 0. The number of hydrogen-bond donors (Lipinski definition) is 1. The number of nitrogens with one attached hydrogen (secondary N) is 1. The van der Waals surface area contributed by atoms with E-state index in [2.05, 4.69) is 10.3 Å². The van der Waals surface area contributed by atoms with Crippen molar-refractivity contribution in [2.75, 3.05) is 20.1 Å². The van der Waals surface area contributed by atoms with Crippen LogP contribution in [0.1, 0.15) is 34.5 Å². The summed E-state index contributed by atoms with van der Waals surface area (Å²) < 4.78 is 8.02. The summed E-state index contributed by atoms with van der Waals surface area (Å²) in [6.07, 6.45) is 6.06. The molecule has 0 saturated carbocycles. The Labute approximate surface area is 189 Å². The molecule has 0 aliphatic carbocycles. The van der Waals surface area contributed by atoms with E-state index in [-0.39, 0.29) is 30.7 Å². The largest absolute Gasteiger partial charge is 0.486 e.